The van der Waals surface area contributed by atoms with E-state index in [2.05, 4.69) is 46.1 Å². The number of halogens is 1. The lowest BCUT2D eigenvalue weighted by atomic mass is 10.0. The van der Waals surface area contributed by atoms with Crippen LogP contribution in [0.25, 0.3) is 22.5 Å². The molecule has 5 aromatic rings. The molecule has 0 saturated heterocycles. The highest BCUT2D eigenvalue weighted by Gasteiger charge is 2.16. The zero-order valence-electron chi connectivity index (χ0n) is 19.6. The van der Waals surface area contributed by atoms with Gasteiger partial charge in [-0.05, 0) is 48.7 Å². The predicted octanol–water partition coefficient (Wildman–Crippen LogP) is 4.75. The van der Waals surface area contributed by atoms with Crippen LogP contribution < -0.4 is 4.90 Å². The molecule has 0 aliphatic heterocycles. The Labute approximate surface area is 201 Å². The summed E-state index contributed by atoms with van der Waals surface area (Å²) in [4.78, 5) is 11.2. The molecule has 5 rings (SSSR count). The molecule has 5 heterocycles. The third kappa shape index (κ3) is 4.10. The summed E-state index contributed by atoms with van der Waals surface area (Å²) in [5, 5.41) is 17.8. The molecule has 0 saturated carbocycles. The van der Waals surface area contributed by atoms with Crippen LogP contribution in [0, 0.1) is 17.1 Å². The zero-order chi connectivity index (χ0) is 24.5. The molecule has 0 spiro atoms. The van der Waals surface area contributed by atoms with E-state index in [1.807, 2.05) is 43.7 Å². The Kier molecular flexibility index (Phi) is 5.71. The molecular weight excluding hydrogens is 443 g/mol. The standard InChI is InChI=1S/C26H23FN8/c1-4-18-9-23(26-21(10-28)13-31-35(26)15-18)20-6-7-24(29-12-20)33(3)17(2)19-5-8-25(30-11-19)34-16-22(27)14-32-34/h5-9,11-17H,4H2,1-3H3. The molecule has 0 bridgehead atoms. The Hall–Kier alpha value is -4.58. The van der Waals surface area contributed by atoms with E-state index in [0.717, 1.165) is 46.2 Å². The Bertz CT molecular complexity index is 1530. The van der Waals surface area contributed by atoms with Crippen molar-refractivity contribution in [1.82, 2.24) is 29.4 Å². The van der Waals surface area contributed by atoms with Crippen molar-refractivity contribution in [2.24, 2.45) is 0 Å². The highest BCUT2D eigenvalue weighted by atomic mass is 19.1. The van der Waals surface area contributed by atoms with E-state index in [9.17, 15) is 9.65 Å². The van der Waals surface area contributed by atoms with Gasteiger partial charge in [-0.15, -0.1) is 0 Å². The van der Waals surface area contributed by atoms with E-state index < -0.39 is 5.82 Å². The van der Waals surface area contributed by atoms with Crippen LogP contribution in [0.15, 0.2) is 67.5 Å². The van der Waals surface area contributed by atoms with Crippen LogP contribution in [-0.4, -0.2) is 36.4 Å². The first kappa shape index (κ1) is 22.2. The van der Waals surface area contributed by atoms with Crippen LogP contribution in [0.2, 0.25) is 0 Å². The van der Waals surface area contributed by atoms with Gasteiger partial charge in [0.25, 0.3) is 0 Å². The molecule has 0 fully saturated rings. The Morgan fingerprint density at radius 1 is 1.06 bits per heavy atom. The first-order chi connectivity index (χ1) is 17.0. The van der Waals surface area contributed by atoms with Gasteiger partial charge in [-0.3, -0.25) is 0 Å². The molecule has 9 heteroatoms. The summed E-state index contributed by atoms with van der Waals surface area (Å²) in [7, 11) is 1.98. The van der Waals surface area contributed by atoms with Crippen LogP contribution in [0.1, 0.15) is 36.6 Å². The number of hydrogen-bond acceptors (Lipinski definition) is 6. The molecule has 0 N–H and O–H groups in total. The van der Waals surface area contributed by atoms with Crippen molar-refractivity contribution in [2.45, 2.75) is 26.3 Å². The van der Waals surface area contributed by atoms with E-state index in [0.29, 0.717) is 11.4 Å². The summed E-state index contributed by atoms with van der Waals surface area (Å²) in [6, 6.07) is 12.1. The fourth-order valence-electron chi connectivity index (χ4n) is 4.05. The molecule has 1 unspecified atom stereocenters. The maximum Gasteiger partial charge on any atom is 0.161 e. The van der Waals surface area contributed by atoms with Crippen molar-refractivity contribution >= 4 is 11.3 Å². The fraction of sp³-hybridized carbons (Fsp3) is 0.192. The van der Waals surface area contributed by atoms with Crippen LogP contribution in [0.5, 0.6) is 0 Å². The second kappa shape index (κ2) is 8.99. The van der Waals surface area contributed by atoms with E-state index in [-0.39, 0.29) is 6.04 Å². The highest BCUT2D eigenvalue weighted by molar-refractivity contribution is 5.84. The molecule has 1 atom stereocenters. The van der Waals surface area contributed by atoms with Gasteiger partial charge in [0.2, 0.25) is 0 Å². The fourth-order valence-corrected chi connectivity index (χ4v) is 4.05. The number of aryl methyl sites for hydroxylation is 1. The molecule has 0 aliphatic carbocycles. The summed E-state index contributed by atoms with van der Waals surface area (Å²) >= 11 is 0. The van der Waals surface area contributed by atoms with Crippen molar-refractivity contribution < 1.29 is 4.39 Å². The van der Waals surface area contributed by atoms with E-state index in [4.69, 9.17) is 4.98 Å². The van der Waals surface area contributed by atoms with Gasteiger partial charge in [-0.2, -0.15) is 15.5 Å². The third-order valence-corrected chi connectivity index (χ3v) is 6.24. The lowest BCUT2D eigenvalue weighted by Gasteiger charge is -2.26. The van der Waals surface area contributed by atoms with E-state index in [1.54, 1.807) is 16.9 Å². The summed E-state index contributed by atoms with van der Waals surface area (Å²) in [6.07, 6.45) is 10.4. The monoisotopic (exact) mass is 466 g/mol. The first-order valence-electron chi connectivity index (χ1n) is 11.2. The van der Waals surface area contributed by atoms with Crippen molar-refractivity contribution in [2.75, 3.05) is 11.9 Å². The minimum atomic E-state index is -0.405. The average molecular weight is 467 g/mol. The molecule has 0 amide bonds. The second-order valence-corrected chi connectivity index (χ2v) is 8.32. The highest BCUT2D eigenvalue weighted by Crippen LogP contribution is 2.30. The second-order valence-electron chi connectivity index (χ2n) is 8.32. The lowest BCUT2D eigenvalue weighted by Crippen LogP contribution is -2.22. The SMILES string of the molecule is CCc1cc(-c2ccc(N(C)C(C)c3ccc(-n4cc(F)cn4)nc3)nc2)c2c(C#N)cnn2c1. The number of nitriles is 1. The maximum atomic E-state index is 13.2. The minimum absolute atomic E-state index is 0.000551. The maximum absolute atomic E-state index is 13.2. The molecule has 0 aliphatic rings. The van der Waals surface area contributed by atoms with Crippen molar-refractivity contribution in [3.8, 4) is 23.0 Å². The first-order valence-corrected chi connectivity index (χ1v) is 11.2. The molecular formula is C26H23FN8. The smallest absolute Gasteiger partial charge is 0.161 e. The number of rotatable bonds is 6. The summed E-state index contributed by atoms with van der Waals surface area (Å²) in [6.45, 7) is 4.16. The van der Waals surface area contributed by atoms with Gasteiger partial charge in [-0.25, -0.2) is 23.6 Å². The van der Waals surface area contributed by atoms with Gasteiger partial charge in [-0.1, -0.05) is 13.0 Å². The number of anilines is 1. The van der Waals surface area contributed by atoms with Gasteiger partial charge in [0.15, 0.2) is 11.6 Å². The van der Waals surface area contributed by atoms with Gasteiger partial charge in [0, 0.05) is 36.8 Å². The molecule has 0 radical (unpaired) electrons. The Morgan fingerprint density at radius 3 is 2.54 bits per heavy atom. The van der Waals surface area contributed by atoms with Crippen molar-refractivity contribution in [1.29, 1.82) is 5.26 Å². The van der Waals surface area contributed by atoms with Gasteiger partial charge in [0.05, 0.1) is 35.7 Å². The van der Waals surface area contributed by atoms with Gasteiger partial charge in [0.1, 0.15) is 11.9 Å². The number of pyridine rings is 3. The van der Waals surface area contributed by atoms with Gasteiger partial charge < -0.3 is 4.90 Å². The molecule has 5 aromatic heterocycles. The zero-order valence-corrected chi connectivity index (χ0v) is 19.6. The van der Waals surface area contributed by atoms with Crippen LogP contribution >= 0.6 is 0 Å². The van der Waals surface area contributed by atoms with Gasteiger partial charge >= 0.3 is 0 Å². The van der Waals surface area contributed by atoms with Crippen LogP contribution in [-0.2, 0) is 6.42 Å². The molecule has 35 heavy (non-hydrogen) atoms. The third-order valence-electron chi connectivity index (χ3n) is 6.24. The normalized spacial score (nSPS) is 12.0. The molecule has 174 valence electrons. The number of fused-ring (bicyclic) bond motifs is 1. The topological polar surface area (TPSA) is 87.9 Å². The quantitative estimate of drug-likeness (QED) is 0.359. The Morgan fingerprint density at radius 2 is 1.91 bits per heavy atom. The summed E-state index contributed by atoms with van der Waals surface area (Å²) in [5.74, 6) is 0.945. The average Bonchev–Trinajstić information content (AvgIpc) is 3.53. The summed E-state index contributed by atoms with van der Waals surface area (Å²) < 4.78 is 16.4. The summed E-state index contributed by atoms with van der Waals surface area (Å²) in [5.41, 5.74) is 5.29. The van der Waals surface area contributed by atoms with E-state index in [1.165, 1.54) is 10.9 Å². The largest absolute Gasteiger partial charge is 0.353 e. The number of hydrogen-bond donors (Lipinski definition) is 0. The van der Waals surface area contributed by atoms with Crippen molar-refractivity contribution in [3.05, 3.63) is 90.0 Å². The van der Waals surface area contributed by atoms with Crippen LogP contribution in [0.3, 0.4) is 0 Å². The Balaban J connectivity index is 1.41. The minimum Gasteiger partial charge on any atom is -0.353 e. The van der Waals surface area contributed by atoms with Crippen molar-refractivity contribution in [3.63, 3.8) is 0 Å². The predicted molar refractivity (Wildman–Crippen MR) is 131 cm³/mol. The number of aromatic nitrogens is 6. The van der Waals surface area contributed by atoms with Crippen LogP contribution in [0.4, 0.5) is 10.2 Å². The van der Waals surface area contributed by atoms with E-state index >= 15 is 0 Å². The molecule has 0 aromatic carbocycles. The molecule has 8 nitrogen and oxygen atoms in total. The number of nitrogens with zero attached hydrogens (tertiary/aromatic N) is 8. The lowest BCUT2D eigenvalue weighted by molar-refractivity contribution is 0.627.